The molecular formula is C14H20N6O2S. The molecule has 0 saturated carbocycles. The lowest BCUT2D eigenvalue weighted by atomic mass is 10.2. The number of aromatic nitrogens is 4. The van der Waals surface area contributed by atoms with Crippen LogP contribution in [0.5, 0.6) is 0 Å². The molecule has 0 bridgehead atoms. The maximum Gasteiger partial charge on any atom is 0.265 e. The monoisotopic (exact) mass is 336 g/mol. The molecule has 1 unspecified atom stereocenters. The molecule has 0 fully saturated rings. The van der Waals surface area contributed by atoms with Crippen LogP contribution in [0.2, 0.25) is 0 Å². The third-order valence-corrected chi connectivity index (χ3v) is 4.87. The summed E-state index contributed by atoms with van der Waals surface area (Å²) in [5.41, 5.74) is 0.372. The van der Waals surface area contributed by atoms with Crippen molar-refractivity contribution in [1.29, 1.82) is 0 Å². The van der Waals surface area contributed by atoms with Gasteiger partial charge in [0.1, 0.15) is 5.39 Å². The van der Waals surface area contributed by atoms with E-state index in [9.17, 15) is 9.59 Å². The normalized spacial score (nSPS) is 16.9. The predicted molar refractivity (Wildman–Crippen MR) is 88.7 cm³/mol. The summed E-state index contributed by atoms with van der Waals surface area (Å²) in [4.78, 5) is 31.1. The highest BCUT2D eigenvalue weighted by Crippen LogP contribution is 2.32. The van der Waals surface area contributed by atoms with Crippen molar-refractivity contribution >= 4 is 28.7 Å². The van der Waals surface area contributed by atoms with E-state index in [4.69, 9.17) is 0 Å². The SMILES string of the molecule is CN(C)CCCNC(=O)CC1CSc2nc3[nH]ncc3c(=O)n21. The maximum atomic E-state index is 12.5. The molecule has 0 aromatic carbocycles. The van der Waals surface area contributed by atoms with Gasteiger partial charge in [-0.2, -0.15) is 5.10 Å². The minimum absolute atomic E-state index is 0.0265. The Balaban J connectivity index is 1.66. The summed E-state index contributed by atoms with van der Waals surface area (Å²) in [5.74, 6) is 0.661. The first-order valence-electron chi connectivity index (χ1n) is 7.56. The lowest BCUT2D eigenvalue weighted by Gasteiger charge is -2.14. The molecule has 0 aliphatic carbocycles. The number of carbonyl (C=O) groups excluding carboxylic acids is 1. The number of thioether (sulfide) groups is 1. The van der Waals surface area contributed by atoms with Gasteiger partial charge in [-0.15, -0.1) is 0 Å². The fourth-order valence-electron chi connectivity index (χ4n) is 2.62. The van der Waals surface area contributed by atoms with E-state index in [0.717, 1.165) is 13.0 Å². The van der Waals surface area contributed by atoms with Crippen molar-refractivity contribution in [3.8, 4) is 0 Å². The molecule has 3 heterocycles. The van der Waals surface area contributed by atoms with E-state index in [0.29, 0.717) is 34.9 Å². The molecule has 1 atom stereocenters. The fourth-order valence-corrected chi connectivity index (χ4v) is 3.75. The second kappa shape index (κ2) is 6.71. The minimum atomic E-state index is -0.150. The maximum absolute atomic E-state index is 12.5. The zero-order valence-corrected chi connectivity index (χ0v) is 14.0. The van der Waals surface area contributed by atoms with Gasteiger partial charge in [0.2, 0.25) is 5.91 Å². The topological polar surface area (TPSA) is 95.9 Å². The van der Waals surface area contributed by atoms with Gasteiger partial charge in [-0.25, -0.2) is 4.98 Å². The van der Waals surface area contributed by atoms with E-state index in [1.54, 1.807) is 4.57 Å². The molecule has 3 rings (SSSR count). The van der Waals surface area contributed by atoms with E-state index in [2.05, 4.69) is 25.4 Å². The molecule has 23 heavy (non-hydrogen) atoms. The lowest BCUT2D eigenvalue weighted by molar-refractivity contribution is -0.121. The van der Waals surface area contributed by atoms with E-state index in [1.807, 2.05) is 14.1 Å². The number of nitrogens with one attached hydrogen (secondary N) is 2. The van der Waals surface area contributed by atoms with Gasteiger partial charge < -0.3 is 10.2 Å². The third kappa shape index (κ3) is 3.40. The first-order valence-corrected chi connectivity index (χ1v) is 8.54. The van der Waals surface area contributed by atoms with Crippen molar-refractivity contribution in [2.75, 3.05) is 32.9 Å². The van der Waals surface area contributed by atoms with Crippen LogP contribution in [0, 0.1) is 0 Å². The Morgan fingerprint density at radius 1 is 1.57 bits per heavy atom. The Kier molecular flexibility index (Phi) is 4.67. The van der Waals surface area contributed by atoms with Crippen molar-refractivity contribution in [3.05, 3.63) is 16.6 Å². The molecule has 124 valence electrons. The number of amides is 1. The van der Waals surface area contributed by atoms with Crippen LogP contribution in [0.1, 0.15) is 18.9 Å². The van der Waals surface area contributed by atoms with Gasteiger partial charge >= 0.3 is 0 Å². The van der Waals surface area contributed by atoms with Crippen LogP contribution in [-0.4, -0.2) is 63.5 Å². The minimum Gasteiger partial charge on any atom is -0.356 e. The van der Waals surface area contributed by atoms with Gasteiger partial charge in [0.25, 0.3) is 5.56 Å². The van der Waals surface area contributed by atoms with Gasteiger partial charge in [0, 0.05) is 18.7 Å². The van der Waals surface area contributed by atoms with Crippen LogP contribution in [0.15, 0.2) is 16.1 Å². The van der Waals surface area contributed by atoms with Crippen LogP contribution in [0.3, 0.4) is 0 Å². The first-order chi connectivity index (χ1) is 11.1. The Bertz CT molecular complexity index is 768. The molecule has 0 saturated heterocycles. The second-order valence-corrected chi connectivity index (χ2v) is 6.86. The molecule has 0 radical (unpaired) electrons. The Hall–Kier alpha value is -1.87. The number of carbonyl (C=O) groups is 1. The Labute approximate surface area is 137 Å². The predicted octanol–water partition coefficient (Wildman–Crippen LogP) is 0.224. The van der Waals surface area contributed by atoms with E-state index >= 15 is 0 Å². The molecule has 2 aromatic rings. The van der Waals surface area contributed by atoms with Gasteiger partial charge in [-0.05, 0) is 27.1 Å². The summed E-state index contributed by atoms with van der Waals surface area (Å²) in [6.07, 6.45) is 2.69. The number of H-pyrrole nitrogens is 1. The van der Waals surface area contributed by atoms with Crippen LogP contribution in [-0.2, 0) is 4.79 Å². The summed E-state index contributed by atoms with van der Waals surface area (Å²) < 4.78 is 1.63. The number of rotatable bonds is 6. The van der Waals surface area contributed by atoms with Crippen LogP contribution < -0.4 is 10.9 Å². The number of hydrogen-bond donors (Lipinski definition) is 2. The largest absolute Gasteiger partial charge is 0.356 e. The number of hydrogen-bond acceptors (Lipinski definition) is 6. The van der Waals surface area contributed by atoms with Crippen molar-refractivity contribution < 1.29 is 4.79 Å². The molecule has 9 heteroatoms. The molecule has 1 amide bonds. The average Bonchev–Trinajstić information content (AvgIpc) is 3.11. The molecule has 2 N–H and O–H groups in total. The summed E-state index contributed by atoms with van der Waals surface area (Å²) in [6, 6.07) is -0.150. The molecular weight excluding hydrogens is 316 g/mol. The summed E-state index contributed by atoms with van der Waals surface area (Å²) in [7, 11) is 4.01. The number of nitrogens with zero attached hydrogens (tertiary/aromatic N) is 4. The van der Waals surface area contributed by atoms with Gasteiger partial charge in [0.05, 0.1) is 12.2 Å². The van der Waals surface area contributed by atoms with Crippen molar-refractivity contribution in [2.45, 2.75) is 24.0 Å². The molecule has 1 aliphatic heterocycles. The number of fused-ring (bicyclic) bond motifs is 2. The smallest absolute Gasteiger partial charge is 0.265 e. The standard InChI is InChI=1S/C14H20N6O2S/c1-19(2)5-3-4-15-11(21)6-9-8-23-14-17-12-10(7-16-18-12)13(22)20(9)14/h7,9H,3-6,8H2,1-2H3,(H,15,21)(H,16,18). The summed E-state index contributed by atoms with van der Waals surface area (Å²) in [5, 5.41) is 10.6. The summed E-state index contributed by atoms with van der Waals surface area (Å²) >= 11 is 1.50. The highest BCUT2D eigenvalue weighted by Gasteiger charge is 2.28. The van der Waals surface area contributed by atoms with Crippen molar-refractivity contribution in [1.82, 2.24) is 30.0 Å². The third-order valence-electron chi connectivity index (χ3n) is 3.78. The summed E-state index contributed by atoms with van der Waals surface area (Å²) in [6.45, 7) is 1.59. The van der Waals surface area contributed by atoms with Crippen LogP contribution in [0.25, 0.3) is 11.0 Å². The van der Waals surface area contributed by atoms with Gasteiger partial charge in [-0.3, -0.25) is 19.3 Å². The average molecular weight is 336 g/mol. The molecule has 8 nitrogen and oxygen atoms in total. The molecule has 1 aliphatic rings. The van der Waals surface area contributed by atoms with E-state index in [1.165, 1.54) is 18.0 Å². The molecule has 0 spiro atoms. The van der Waals surface area contributed by atoms with Crippen molar-refractivity contribution in [3.63, 3.8) is 0 Å². The molecule has 2 aromatic heterocycles. The highest BCUT2D eigenvalue weighted by atomic mass is 32.2. The highest BCUT2D eigenvalue weighted by molar-refractivity contribution is 7.99. The zero-order valence-electron chi connectivity index (χ0n) is 13.2. The van der Waals surface area contributed by atoms with Crippen LogP contribution in [0.4, 0.5) is 0 Å². The number of aromatic amines is 1. The Morgan fingerprint density at radius 2 is 2.39 bits per heavy atom. The van der Waals surface area contributed by atoms with E-state index < -0.39 is 0 Å². The quantitative estimate of drug-likeness (QED) is 0.579. The van der Waals surface area contributed by atoms with E-state index in [-0.39, 0.29) is 17.5 Å². The first kappa shape index (κ1) is 16.0. The van der Waals surface area contributed by atoms with Gasteiger partial charge in [0.15, 0.2) is 10.8 Å². The Morgan fingerprint density at radius 3 is 3.17 bits per heavy atom. The van der Waals surface area contributed by atoms with Crippen molar-refractivity contribution in [2.24, 2.45) is 0 Å². The zero-order chi connectivity index (χ0) is 16.4. The fraction of sp³-hybridized carbons (Fsp3) is 0.571. The van der Waals surface area contributed by atoms with Gasteiger partial charge in [-0.1, -0.05) is 11.8 Å². The van der Waals surface area contributed by atoms with Crippen LogP contribution >= 0.6 is 11.8 Å². The lowest BCUT2D eigenvalue weighted by Crippen LogP contribution is -2.32. The second-order valence-electron chi connectivity index (χ2n) is 5.88.